The van der Waals surface area contributed by atoms with E-state index >= 15 is 0 Å². The highest BCUT2D eigenvalue weighted by atomic mass is 16.5. The number of unbranched alkanes of at least 4 members (excludes halogenated alkanes) is 15. The van der Waals surface area contributed by atoms with Gasteiger partial charge in [0.05, 0.1) is 79.3 Å². The molecule has 0 aliphatic carbocycles. The summed E-state index contributed by atoms with van der Waals surface area (Å²) in [5.74, 6) is -3.59. The fourth-order valence-electron chi connectivity index (χ4n) is 6.72. The zero-order chi connectivity index (χ0) is 53.7. The number of hydrogen-bond acceptors (Lipinski definition) is 16. The van der Waals surface area contributed by atoms with Gasteiger partial charge in [0.25, 0.3) is 0 Å². The van der Waals surface area contributed by atoms with E-state index in [2.05, 4.69) is 26.6 Å². The van der Waals surface area contributed by atoms with Gasteiger partial charge in [0.1, 0.15) is 32.5 Å². The van der Waals surface area contributed by atoms with Crippen molar-refractivity contribution in [2.75, 3.05) is 132 Å². The van der Waals surface area contributed by atoms with Crippen LogP contribution in [0.25, 0.3) is 0 Å². The fraction of sp³-hybridized carbons (Fsp3) is 0.840. The number of amides is 5. The van der Waals surface area contributed by atoms with Crippen molar-refractivity contribution in [2.24, 2.45) is 0 Å². The fourth-order valence-corrected chi connectivity index (χ4v) is 6.72. The molecule has 424 valence electrons. The van der Waals surface area contributed by atoms with Crippen molar-refractivity contribution < 1.29 is 86.5 Å². The van der Waals surface area contributed by atoms with Gasteiger partial charge in [0.2, 0.25) is 29.5 Å². The van der Waals surface area contributed by atoms with Gasteiger partial charge in [-0.25, -0.2) is 4.79 Å². The van der Waals surface area contributed by atoms with Gasteiger partial charge in [-0.05, 0) is 26.2 Å². The Morgan fingerprint density at radius 1 is 0.342 bits per heavy atom. The molecule has 0 spiro atoms. The molecule has 7 N–H and O–H groups in total. The Bertz CT molecular complexity index is 1440. The first-order chi connectivity index (χ1) is 35.4. The van der Waals surface area contributed by atoms with Gasteiger partial charge in [-0.1, -0.05) is 89.9 Å². The van der Waals surface area contributed by atoms with Crippen molar-refractivity contribution in [3.8, 4) is 0 Å². The number of carbonyl (C=O) groups is 8. The number of aliphatic carboxylic acids is 2. The Balaban J connectivity index is 3.58. The van der Waals surface area contributed by atoms with Crippen molar-refractivity contribution in [3.63, 3.8) is 0 Å². The zero-order valence-electron chi connectivity index (χ0n) is 43.8. The molecule has 0 rings (SSSR count). The lowest BCUT2D eigenvalue weighted by atomic mass is 10.0. The molecule has 0 saturated heterocycles. The van der Waals surface area contributed by atoms with Gasteiger partial charge in [-0.2, -0.15) is 0 Å². The molecule has 0 fully saturated rings. The number of nitrogens with one attached hydrogen (secondary N) is 5. The zero-order valence-corrected chi connectivity index (χ0v) is 43.8. The van der Waals surface area contributed by atoms with Crippen LogP contribution in [0.1, 0.15) is 135 Å². The highest BCUT2D eigenvalue weighted by molar-refractivity contribution is 5.84. The monoisotopic (exact) mass is 1050 g/mol. The Morgan fingerprint density at radius 2 is 0.644 bits per heavy atom. The summed E-state index contributed by atoms with van der Waals surface area (Å²) in [5.41, 5.74) is 0. The van der Waals surface area contributed by atoms with Gasteiger partial charge >= 0.3 is 11.9 Å². The number of ether oxygens (including phenoxy) is 8. The molecule has 0 aliphatic rings. The van der Waals surface area contributed by atoms with Gasteiger partial charge in [0.15, 0.2) is 5.78 Å². The first kappa shape index (κ1) is 68.6. The summed E-state index contributed by atoms with van der Waals surface area (Å²) in [7, 11) is 0. The van der Waals surface area contributed by atoms with Gasteiger partial charge in [-0.15, -0.1) is 0 Å². The van der Waals surface area contributed by atoms with Crippen LogP contribution in [0, 0.1) is 0 Å². The minimum atomic E-state index is -1.19. The standard InChI is InChI=1S/C50H91N5O18/c1-42(56)38-70-34-30-67-27-23-52-46(59)40-72-36-32-69-29-25-54-48(61)41-73-37-33-68-28-24-53-47(60)39-71-35-31-66-26-22-51-44(57)21-20-43(50(64)65)55-45(58)18-16-14-12-10-8-6-4-2-3-5-7-9-11-13-15-17-19-49(62)63/h43H,2-41H2,1H3,(H,51,57)(H,52,59)(H,53,60)(H,54,61)(H,55,58)(H,62,63)(H,64,65)/t43-/m0/s1. The minimum Gasteiger partial charge on any atom is -0.481 e. The SMILES string of the molecule is CC(=O)COCCOCCNC(=O)COCCOCCNC(=O)COCCOCCNC(=O)COCCOCCNC(=O)CC[C@H](NC(=O)CCCCCCCCCCCCCCCCCCC(=O)O)C(=O)O. The lowest BCUT2D eigenvalue weighted by Gasteiger charge is -2.14. The van der Waals surface area contributed by atoms with E-state index in [0.29, 0.717) is 32.8 Å². The van der Waals surface area contributed by atoms with E-state index in [1.54, 1.807) is 0 Å². The smallest absolute Gasteiger partial charge is 0.326 e. The van der Waals surface area contributed by atoms with E-state index in [-0.39, 0.29) is 167 Å². The number of carbonyl (C=O) groups excluding carboxylic acids is 6. The molecule has 23 heteroatoms. The van der Waals surface area contributed by atoms with E-state index in [1.807, 2.05) is 0 Å². The summed E-state index contributed by atoms with van der Waals surface area (Å²) in [5, 5.41) is 31.4. The summed E-state index contributed by atoms with van der Waals surface area (Å²) < 4.78 is 42.3. The third-order valence-corrected chi connectivity index (χ3v) is 10.6. The van der Waals surface area contributed by atoms with Crippen molar-refractivity contribution in [3.05, 3.63) is 0 Å². The van der Waals surface area contributed by atoms with Crippen LogP contribution in [-0.4, -0.2) is 195 Å². The van der Waals surface area contributed by atoms with Crippen LogP contribution in [0.4, 0.5) is 0 Å². The van der Waals surface area contributed by atoms with Gasteiger partial charge < -0.3 is 74.7 Å². The topological polar surface area (TPSA) is 311 Å². The third kappa shape index (κ3) is 53.7. The highest BCUT2D eigenvalue weighted by Gasteiger charge is 2.21. The number of Topliss-reactive ketones (excluding diaryl/α,β-unsaturated/α-hetero) is 1. The van der Waals surface area contributed by atoms with Crippen LogP contribution < -0.4 is 26.6 Å². The van der Waals surface area contributed by atoms with E-state index < -0.39 is 18.0 Å². The third-order valence-electron chi connectivity index (χ3n) is 10.6. The largest absolute Gasteiger partial charge is 0.481 e. The van der Waals surface area contributed by atoms with Crippen molar-refractivity contribution >= 4 is 47.3 Å². The average Bonchev–Trinajstić information content (AvgIpc) is 3.35. The molecule has 0 radical (unpaired) electrons. The first-order valence-corrected chi connectivity index (χ1v) is 26.3. The first-order valence-electron chi connectivity index (χ1n) is 26.3. The number of rotatable bonds is 56. The molecule has 1 atom stereocenters. The van der Waals surface area contributed by atoms with Crippen LogP contribution in [0.3, 0.4) is 0 Å². The normalized spacial score (nSPS) is 11.5. The van der Waals surface area contributed by atoms with Crippen LogP contribution in [-0.2, 0) is 76.3 Å². The predicted molar refractivity (Wildman–Crippen MR) is 269 cm³/mol. The van der Waals surface area contributed by atoms with E-state index in [0.717, 1.165) is 38.5 Å². The molecule has 23 nitrogen and oxygen atoms in total. The minimum absolute atomic E-state index is 0.0332. The van der Waals surface area contributed by atoms with E-state index in [4.69, 9.17) is 43.0 Å². The molecule has 0 aromatic heterocycles. The van der Waals surface area contributed by atoms with Crippen LogP contribution in [0.15, 0.2) is 0 Å². The Morgan fingerprint density at radius 3 is 0.973 bits per heavy atom. The number of hydrogen-bond donors (Lipinski definition) is 7. The molecular formula is C50H91N5O18. The molecule has 0 heterocycles. The molecule has 5 amide bonds. The summed E-state index contributed by atoms with van der Waals surface area (Å²) in [6, 6.07) is -1.15. The molecule has 0 aliphatic heterocycles. The second-order valence-corrected chi connectivity index (χ2v) is 17.3. The van der Waals surface area contributed by atoms with Crippen molar-refractivity contribution in [1.82, 2.24) is 26.6 Å². The maximum Gasteiger partial charge on any atom is 0.326 e. The Hall–Kier alpha value is -4.36. The molecule has 0 aromatic rings. The average molecular weight is 1050 g/mol. The van der Waals surface area contributed by atoms with Gasteiger partial charge in [0, 0.05) is 45.4 Å². The molecule has 73 heavy (non-hydrogen) atoms. The highest BCUT2D eigenvalue weighted by Crippen LogP contribution is 2.14. The molecule has 0 bridgehead atoms. The lowest BCUT2D eigenvalue weighted by molar-refractivity contribution is -0.142. The summed E-state index contributed by atoms with van der Waals surface area (Å²) in [6.07, 6.45) is 18.2. The number of ketones is 1. The van der Waals surface area contributed by atoms with Gasteiger partial charge in [-0.3, -0.25) is 33.6 Å². The molecule has 0 unspecified atom stereocenters. The second-order valence-electron chi connectivity index (χ2n) is 17.3. The quantitative estimate of drug-likeness (QED) is 0.0431. The van der Waals surface area contributed by atoms with Crippen LogP contribution >= 0.6 is 0 Å². The van der Waals surface area contributed by atoms with Crippen LogP contribution in [0.5, 0.6) is 0 Å². The van der Waals surface area contributed by atoms with E-state index in [9.17, 15) is 43.5 Å². The lowest BCUT2D eigenvalue weighted by Crippen LogP contribution is -2.41. The Kier molecular flexibility index (Phi) is 49.4. The molecule has 0 saturated carbocycles. The van der Waals surface area contributed by atoms with Crippen molar-refractivity contribution in [1.29, 1.82) is 0 Å². The second kappa shape index (κ2) is 52.5. The molecule has 0 aromatic carbocycles. The van der Waals surface area contributed by atoms with Crippen LogP contribution in [0.2, 0.25) is 0 Å². The summed E-state index contributed by atoms with van der Waals surface area (Å²) in [4.78, 5) is 93.2. The predicted octanol–water partition coefficient (Wildman–Crippen LogP) is 2.63. The Labute approximate surface area is 432 Å². The number of carboxylic acids is 2. The maximum absolute atomic E-state index is 12.4. The summed E-state index contributed by atoms with van der Waals surface area (Å²) >= 11 is 0. The van der Waals surface area contributed by atoms with E-state index in [1.165, 1.54) is 64.7 Å². The maximum atomic E-state index is 12.4. The van der Waals surface area contributed by atoms with Crippen molar-refractivity contribution in [2.45, 2.75) is 141 Å². The molecular weight excluding hydrogens is 959 g/mol. The summed E-state index contributed by atoms with van der Waals surface area (Å²) in [6.45, 7) is 4.88. The number of carboxylic acid groups (broad SMARTS) is 2.